The van der Waals surface area contributed by atoms with Crippen LogP contribution in [0.4, 0.5) is 15.8 Å². The van der Waals surface area contributed by atoms with E-state index in [4.69, 9.17) is 27.6 Å². The standard InChI is InChI=1S/C26H24Cl2FN3O3/c1-2-25(34)31-12-14-32(15-13-31)26-19(27)4-3-5-22(26)30-24(33)11-8-18-7-10-23(35-18)17-6-9-21(29)20(28)16-17/h3-11,16H,2,12-15H2,1H3,(H,30,33)/b11-8+. The number of benzene rings is 2. The smallest absolute Gasteiger partial charge is 0.248 e. The molecule has 1 fully saturated rings. The molecule has 1 aliphatic heterocycles. The van der Waals surface area contributed by atoms with E-state index in [0.29, 0.717) is 60.4 Å². The highest BCUT2D eigenvalue weighted by atomic mass is 35.5. The molecule has 35 heavy (non-hydrogen) atoms. The van der Waals surface area contributed by atoms with Crippen LogP contribution in [0.15, 0.2) is 59.0 Å². The molecule has 2 aromatic carbocycles. The van der Waals surface area contributed by atoms with E-state index in [9.17, 15) is 14.0 Å². The number of nitrogens with one attached hydrogen (secondary N) is 1. The van der Waals surface area contributed by atoms with Gasteiger partial charge < -0.3 is 19.5 Å². The second-order valence-corrected chi connectivity index (χ2v) is 8.83. The van der Waals surface area contributed by atoms with Crippen LogP contribution >= 0.6 is 23.2 Å². The van der Waals surface area contributed by atoms with E-state index in [2.05, 4.69) is 10.2 Å². The number of nitrogens with zero attached hydrogens (tertiary/aromatic N) is 2. The minimum absolute atomic E-state index is 0.00562. The molecule has 1 N–H and O–H groups in total. The second-order valence-electron chi connectivity index (χ2n) is 8.01. The van der Waals surface area contributed by atoms with Crippen molar-refractivity contribution in [2.75, 3.05) is 36.4 Å². The summed E-state index contributed by atoms with van der Waals surface area (Å²) in [6, 6.07) is 13.1. The highest BCUT2D eigenvalue weighted by Crippen LogP contribution is 2.35. The fourth-order valence-electron chi connectivity index (χ4n) is 3.92. The van der Waals surface area contributed by atoms with Gasteiger partial charge in [0.05, 0.1) is 21.4 Å². The lowest BCUT2D eigenvalue weighted by Crippen LogP contribution is -2.48. The largest absolute Gasteiger partial charge is 0.457 e. The lowest BCUT2D eigenvalue weighted by Gasteiger charge is -2.37. The molecule has 9 heteroatoms. The van der Waals surface area contributed by atoms with Gasteiger partial charge >= 0.3 is 0 Å². The molecule has 3 aromatic rings. The molecule has 0 spiro atoms. The van der Waals surface area contributed by atoms with Gasteiger partial charge in [0.15, 0.2) is 0 Å². The Bertz CT molecular complexity index is 1270. The van der Waals surface area contributed by atoms with Crippen LogP contribution in [0.3, 0.4) is 0 Å². The monoisotopic (exact) mass is 515 g/mol. The van der Waals surface area contributed by atoms with Gasteiger partial charge in [-0.3, -0.25) is 9.59 Å². The molecule has 2 heterocycles. The highest BCUT2D eigenvalue weighted by molar-refractivity contribution is 6.34. The number of amides is 2. The van der Waals surface area contributed by atoms with Crippen molar-refractivity contribution in [1.82, 2.24) is 4.90 Å². The minimum atomic E-state index is -0.504. The SMILES string of the molecule is CCC(=O)N1CCN(c2c(Cl)cccc2NC(=O)/C=C/c2ccc(-c3ccc(F)c(Cl)c3)o2)CC1. The van der Waals surface area contributed by atoms with E-state index < -0.39 is 5.82 Å². The number of carbonyl (C=O) groups excluding carboxylic acids is 2. The molecule has 0 saturated carbocycles. The predicted molar refractivity (Wildman–Crippen MR) is 137 cm³/mol. The number of rotatable bonds is 6. The van der Waals surface area contributed by atoms with Crippen molar-refractivity contribution in [3.63, 3.8) is 0 Å². The number of para-hydroxylation sites is 1. The number of carbonyl (C=O) groups is 2. The van der Waals surface area contributed by atoms with Gasteiger partial charge in [0.25, 0.3) is 0 Å². The van der Waals surface area contributed by atoms with E-state index in [0.717, 1.165) is 5.69 Å². The van der Waals surface area contributed by atoms with E-state index in [1.54, 1.807) is 42.5 Å². The van der Waals surface area contributed by atoms with Gasteiger partial charge in [-0.05, 0) is 48.5 Å². The van der Waals surface area contributed by atoms with Crippen molar-refractivity contribution in [3.05, 3.63) is 76.2 Å². The van der Waals surface area contributed by atoms with Gasteiger partial charge in [0.2, 0.25) is 11.8 Å². The molecule has 0 unspecified atom stereocenters. The predicted octanol–water partition coefficient (Wildman–Crippen LogP) is 6.10. The van der Waals surface area contributed by atoms with Crippen LogP contribution in [0.5, 0.6) is 0 Å². The quantitative estimate of drug-likeness (QED) is 0.402. The fraction of sp³-hybridized carbons (Fsp3) is 0.231. The molecule has 1 aromatic heterocycles. The first-order valence-electron chi connectivity index (χ1n) is 11.2. The number of hydrogen-bond acceptors (Lipinski definition) is 4. The van der Waals surface area contributed by atoms with Gasteiger partial charge in [0, 0.05) is 44.2 Å². The Morgan fingerprint density at radius 3 is 2.54 bits per heavy atom. The summed E-state index contributed by atoms with van der Waals surface area (Å²) >= 11 is 12.3. The van der Waals surface area contributed by atoms with Crippen LogP contribution in [0.2, 0.25) is 10.0 Å². The maximum Gasteiger partial charge on any atom is 0.248 e. The molecule has 1 saturated heterocycles. The van der Waals surface area contributed by atoms with Gasteiger partial charge in [-0.1, -0.05) is 36.2 Å². The summed E-state index contributed by atoms with van der Waals surface area (Å²) in [5.74, 6) is 0.237. The third kappa shape index (κ3) is 5.86. The molecule has 0 aliphatic carbocycles. The summed E-state index contributed by atoms with van der Waals surface area (Å²) in [7, 11) is 0. The topological polar surface area (TPSA) is 65.8 Å². The third-order valence-electron chi connectivity index (χ3n) is 5.73. The highest BCUT2D eigenvalue weighted by Gasteiger charge is 2.23. The average molecular weight is 516 g/mol. The van der Waals surface area contributed by atoms with Crippen LogP contribution in [0.1, 0.15) is 19.1 Å². The second kappa shape index (κ2) is 11.0. The van der Waals surface area contributed by atoms with Gasteiger partial charge in [-0.2, -0.15) is 0 Å². The minimum Gasteiger partial charge on any atom is -0.457 e. The van der Waals surface area contributed by atoms with Crippen LogP contribution < -0.4 is 10.2 Å². The first-order chi connectivity index (χ1) is 16.9. The van der Waals surface area contributed by atoms with E-state index in [-0.39, 0.29) is 16.8 Å². The van der Waals surface area contributed by atoms with Crippen molar-refractivity contribution in [2.24, 2.45) is 0 Å². The van der Waals surface area contributed by atoms with Crippen LogP contribution in [0, 0.1) is 5.82 Å². The molecule has 0 atom stereocenters. The molecule has 4 rings (SSSR count). The summed E-state index contributed by atoms with van der Waals surface area (Å²) in [5.41, 5.74) is 1.95. The van der Waals surface area contributed by atoms with Gasteiger partial charge in [-0.15, -0.1) is 0 Å². The summed E-state index contributed by atoms with van der Waals surface area (Å²) in [6.45, 7) is 4.30. The lowest BCUT2D eigenvalue weighted by molar-refractivity contribution is -0.131. The Kier molecular flexibility index (Phi) is 7.78. The molecule has 182 valence electrons. The van der Waals surface area contributed by atoms with Crippen molar-refractivity contribution >= 4 is 52.5 Å². The zero-order valence-electron chi connectivity index (χ0n) is 19.1. The molecule has 1 aliphatic rings. The number of piperazine rings is 1. The zero-order valence-corrected chi connectivity index (χ0v) is 20.6. The van der Waals surface area contributed by atoms with Crippen molar-refractivity contribution in [2.45, 2.75) is 13.3 Å². The lowest BCUT2D eigenvalue weighted by atomic mass is 10.2. The Balaban J connectivity index is 1.43. The maximum absolute atomic E-state index is 13.4. The molecular weight excluding hydrogens is 492 g/mol. The fourth-order valence-corrected chi connectivity index (χ4v) is 4.39. The number of anilines is 2. The van der Waals surface area contributed by atoms with Gasteiger partial charge in [-0.25, -0.2) is 4.39 Å². The molecule has 0 bridgehead atoms. The number of furan rings is 1. The normalized spacial score (nSPS) is 13.9. The maximum atomic E-state index is 13.4. The van der Waals surface area contributed by atoms with Crippen molar-refractivity contribution in [3.8, 4) is 11.3 Å². The molecule has 0 radical (unpaired) electrons. The van der Waals surface area contributed by atoms with E-state index in [1.807, 2.05) is 11.8 Å². The molecule has 6 nitrogen and oxygen atoms in total. The Morgan fingerprint density at radius 2 is 1.83 bits per heavy atom. The van der Waals surface area contributed by atoms with Crippen LogP contribution in [-0.2, 0) is 9.59 Å². The Labute approximate surface area is 212 Å². The van der Waals surface area contributed by atoms with Crippen molar-refractivity contribution < 1.29 is 18.4 Å². The van der Waals surface area contributed by atoms with Crippen molar-refractivity contribution in [1.29, 1.82) is 0 Å². The Morgan fingerprint density at radius 1 is 1.06 bits per heavy atom. The van der Waals surface area contributed by atoms with Crippen LogP contribution in [-0.4, -0.2) is 42.9 Å². The first-order valence-corrected chi connectivity index (χ1v) is 12.0. The van der Waals surface area contributed by atoms with Crippen LogP contribution in [0.25, 0.3) is 17.4 Å². The number of hydrogen-bond donors (Lipinski definition) is 1. The summed E-state index contributed by atoms with van der Waals surface area (Å²) in [5, 5.41) is 3.41. The average Bonchev–Trinajstić information content (AvgIpc) is 3.33. The third-order valence-corrected chi connectivity index (χ3v) is 6.32. The summed E-state index contributed by atoms with van der Waals surface area (Å²) < 4.78 is 19.1. The number of halogens is 3. The summed E-state index contributed by atoms with van der Waals surface area (Å²) in [4.78, 5) is 28.6. The van der Waals surface area contributed by atoms with Gasteiger partial charge in [0.1, 0.15) is 17.3 Å². The Hall–Kier alpha value is -3.29. The first kappa shape index (κ1) is 24.8. The molecular formula is C26H24Cl2FN3O3. The van der Waals surface area contributed by atoms with E-state index in [1.165, 1.54) is 18.2 Å². The zero-order chi connectivity index (χ0) is 24.9. The summed E-state index contributed by atoms with van der Waals surface area (Å²) in [6.07, 6.45) is 3.39. The molecule has 2 amide bonds. The van der Waals surface area contributed by atoms with E-state index >= 15 is 0 Å².